The summed E-state index contributed by atoms with van der Waals surface area (Å²) in [7, 11) is 0. The second-order valence-electron chi connectivity index (χ2n) is 5.66. The fourth-order valence-electron chi connectivity index (χ4n) is 2.50. The molecule has 1 aromatic heterocycles. The Kier molecular flexibility index (Phi) is 5.53. The van der Waals surface area contributed by atoms with Gasteiger partial charge in [-0.3, -0.25) is 0 Å². The zero-order valence-electron chi connectivity index (χ0n) is 14.5. The van der Waals surface area contributed by atoms with Crippen LogP contribution in [0.4, 0.5) is 9.52 Å². The van der Waals surface area contributed by atoms with Crippen molar-refractivity contribution in [2.45, 2.75) is 13.3 Å². The summed E-state index contributed by atoms with van der Waals surface area (Å²) in [5, 5.41) is 4.19. The van der Waals surface area contributed by atoms with E-state index in [1.54, 1.807) is 23.5 Å². The van der Waals surface area contributed by atoms with Gasteiger partial charge in [-0.25, -0.2) is 9.37 Å². The summed E-state index contributed by atoms with van der Waals surface area (Å²) in [5.41, 5.74) is 9.10. The van der Waals surface area contributed by atoms with Gasteiger partial charge in [0.05, 0.1) is 22.2 Å². The molecule has 0 amide bonds. The van der Waals surface area contributed by atoms with Gasteiger partial charge in [-0.05, 0) is 48.9 Å². The molecule has 0 aliphatic carbocycles. The Morgan fingerprint density at radius 1 is 1.27 bits per heavy atom. The van der Waals surface area contributed by atoms with Crippen LogP contribution in [0.1, 0.15) is 24.5 Å². The van der Waals surface area contributed by atoms with Crippen molar-refractivity contribution in [1.82, 2.24) is 4.98 Å². The highest BCUT2D eigenvalue weighted by molar-refractivity contribution is 7.22. The lowest BCUT2D eigenvalue weighted by Gasteiger charge is -2.11. The average Bonchev–Trinajstić information content (AvgIpc) is 3.06. The van der Waals surface area contributed by atoms with E-state index >= 15 is 0 Å². The minimum atomic E-state index is -0.314. The van der Waals surface area contributed by atoms with Crippen LogP contribution in [0.3, 0.4) is 0 Å². The molecule has 1 heterocycles. The van der Waals surface area contributed by atoms with E-state index in [0.717, 1.165) is 33.9 Å². The zero-order valence-corrected chi connectivity index (χ0v) is 15.3. The molecule has 0 bridgehead atoms. The first-order chi connectivity index (χ1) is 12.6. The molecule has 0 aliphatic rings. The maximum Gasteiger partial charge on any atom is 0.183 e. The average molecular weight is 369 g/mol. The van der Waals surface area contributed by atoms with Crippen LogP contribution >= 0.6 is 11.3 Å². The van der Waals surface area contributed by atoms with Crippen molar-refractivity contribution >= 4 is 38.1 Å². The molecule has 26 heavy (non-hydrogen) atoms. The molecule has 0 saturated heterocycles. The lowest BCUT2D eigenvalue weighted by molar-refractivity contribution is 0.439. The van der Waals surface area contributed by atoms with Gasteiger partial charge in [-0.15, -0.1) is 0 Å². The van der Waals surface area contributed by atoms with Crippen LogP contribution < -0.4 is 11.1 Å². The Labute approximate surface area is 155 Å². The van der Waals surface area contributed by atoms with Gasteiger partial charge in [0.25, 0.3) is 0 Å². The molecule has 6 heteroatoms. The van der Waals surface area contributed by atoms with Gasteiger partial charge in [-0.2, -0.15) is 0 Å². The van der Waals surface area contributed by atoms with Crippen molar-refractivity contribution in [3.63, 3.8) is 0 Å². The summed E-state index contributed by atoms with van der Waals surface area (Å²) in [6.45, 7) is 6.62. The van der Waals surface area contributed by atoms with Crippen molar-refractivity contribution in [2.75, 3.05) is 11.9 Å². The van der Waals surface area contributed by atoms with Crippen LogP contribution in [-0.2, 0) is 4.74 Å². The quantitative estimate of drug-likeness (QED) is 0.444. The number of nitrogens with two attached hydrogens (primary N) is 1. The van der Waals surface area contributed by atoms with Crippen molar-refractivity contribution in [2.24, 2.45) is 5.73 Å². The predicted octanol–water partition coefficient (Wildman–Crippen LogP) is 5.20. The second-order valence-corrected chi connectivity index (χ2v) is 6.69. The number of rotatable bonds is 7. The van der Waals surface area contributed by atoms with E-state index in [9.17, 15) is 4.39 Å². The lowest BCUT2D eigenvalue weighted by atomic mass is 10.1. The van der Waals surface area contributed by atoms with E-state index in [2.05, 4.69) is 23.8 Å². The van der Waals surface area contributed by atoms with Crippen LogP contribution in [0.25, 0.3) is 21.7 Å². The van der Waals surface area contributed by atoms with E-state index in [-0.39, 0.29) is 5.82 Å². The SMILES string of the molecule is C=CO/C(=C(\N)c1ccc(F)cc1)c1ccc2nc(NCCC)sc2c1. The van der Waals surface area contributed by atoms with E-state index in [4.69, 9.17) is 10.5 Å². The molecule has 3 N–H and O–H groups in total. The smallest absolute Gasteiger partial charge is 0.183 e. The molecule has 0 fully saturated rings. The predicted molar refractivity (Wildman–Crippen MR) is 107 cm³/mol. The van der Waals surface area contributed by atoms with Gasteiger partial charge in [0.15, 0.2) is 10.9 Å². The van der Waals surface area contributed by atoms with Crippen LogP contribution in [-0.4, -0.2) is 11.5 Å². The molecule has 0 radical (unpaired) electrons. The number of ether oxygens (including phenoxy) is 1. The van der Waals surface area contributed by atoms with Crippen molar-refractivity contribution in [3.8, 4) is 0 Å². The normalized spacial score (nSPS) is 11.9. The standard InChI is InChI=1S/C20H20FN3OS/c1-3-11-23-20-24-16-10-7-14(12-17(16)26-20)19(25-4-2)18(22)13-5-8-15(21)9-6-13/h4-10,12H,2-3,11,22H2,1H3,(H,23,24)/b19-18-. The number of benzene rings is 2. The summed E-state index contributed by atoms with van der Waals surface area (Å²) in [5.74, 6) is 0.163. The summed E-state index contributed by atoms with van der Waals surface area (Å²) < 4.78 is 19.8. The molecular weight excluding hydrogens is 349 g/mol. The maximum absolute atomic E-state index is 13.2. The van der Waals surface area contributed by atoms with Crippen molar-refractivity contribution in [3.05, 3.63) is 72.2 Å². The lowest BCUT2D eigenvalue weighted by Crippen LogP contribution is -2.03. The largest absolute Gasteiger partial charge is 0.463 e. The topological polar surface area (TPSA) is 60.2 Å². The maximum atomic E-state index is 13.2. The van der Waals surface area contributed by atoms with Gasteiger partial charge >= 0.3 is 0 Å². The first-order valence-electron chi connectivity index (χ1n) is 8.30. The van der Waals surface area contributed by atoms with Crippen LogP contribution in [0.15, 0.2) is 55.3 Å². The van der Waals surface area contributed by atoms with Gasteiger partial charge in [0.1, 0.15) is 5.82 Å². The third kappa shape index (κ3) is 3.86. The number of fused-ring (bicyclic) bond motifs is 1. The Morgan fingerprint density at radius 3 is 2.69 bits per heavy atom. The fourth-order valence-corrected chi connectivity index (χ4v) is 3.43. The van der Waals surface area contributed by atoms with Gasteiger partial charge < -0.3 is 15.8 Å². The van der Waals surface area contributed by atoms with Gasteiger partial charge in [0.2, 0.25) is 0 Å². The number of thiazole rings is 1. The van der Waals surface area contributed by atoms with Crippen LogP contribution in [0.5, 0.6) is 0 Å². The van der Waals surface area contributed by atoms with Gasteiger partial charge in [-0.1, -0.05) is 24.8 Å². The zero-order chi connectivity index (χ0) is 18.5. The monoisotopic (exact) mass is 369 g/mol. The Bertz CT molecular complexity index is 947. The summed E-state index contributed by atoms with van der Waals surface area (Å²) in [4.78, 5) is 4.57. The van der Waals surface area contributed by atoms with Crippen molar-refractivity contribution in [1.29, 1.82) is 0 Å². The van der Waals surface area contributed by atoms with E-state index in [0.29, 0.717) is 17.0 Å². The Balaban J connectivity index is 2.02. The number of aromatic nitrogens is 1. The molecule has 4 nitrogen and oxygen atoms in total. The summed E-state index contributed by atoms with van der Waals surface area (Å²) in [6.07, 6.45) is 2.37. The molecule has 0 unspecified atom stereocenters. The van der Waals surface area contributed by atoms with E-state index < -0.39 is 0 Å². The molecule has 0 atom stereocenters. The molecule has 134 valence electrons. The number of nitrogens with one attached hydrogen (secondary N) is 1. The Hall–Kier alpha value is -2.86. The highest BCUT2D eigenvalue weighted by Gasteiger charge is 2.13. The molecule has 0 aliphatic heterocycles. The highest BCUT2D eigenvalue weighted by atomic mass is 32.1. The van der Waals surface area contributed by atoms with Crippen LogP contribution in [0, 0.1) is 5.82 Å². The number of nitrogens with zero attached hydrogens (tertiary/aromatic N) is 1. The van der Waals surface area contributed by atoms with Crippen LogP contribution in [0.2, 0.25) is 0 Å². The molecule has 0 spiro atoms. The Morgan fingerprint density at radius 2 is 2.00 bits per heavy atom. The highest BCUT2D eigenvalue weighted by Crippen LogP contribution is 2.31. The summed E-state index contributed by atoms with van der Waals surface area (Å²) >= 11 is 1.58. The molecular formula is C20H20FN3OS. The second kappa shape index (κ2) is 8.01. The number of hydrogen-bond acceptors (Lipinski definition) is 5. The minimum Gasteiger partial charge on any atom is -0.463 e. The minimum absolute atomic E-state index is 0.314. The number of anilines is 1. The van der Waals surface area contributed by atoms with Crippen molar-refractivity contribution < 1.29 is 9.13 Å². The fraction of sp³-hybridized carbons (Fsp3) is 0.150. The molecule has 3 rings (SSSR count). The number of halogens is 1. The first kappa shape index (κ1) is 17.9. The first-order valence-corrected chi connectivity index (χ1v) is 9.12. The summed E-state index contributed by atoms with van der Waals surface area (Å²) in [6, 6.07) is 11.8. The van der Waals surface area contributed by atoms with E-state index in [1.807, 2.05) is 18.2 Å². The van der Waals surface area contributed by atoms with E-state index in [1.165, 1.54) is 18.4 Å². The molecule has 2 aromatic carbocycles. The number of hydrogen-bond donors (Lipinski definition) is 2. The third-order valence-corrected chi connectivity index (χ3v) is 4.75. The van der Waals surface area contributed by atoms with Gasteiger partial charge in [0, 0.05) is 17.7 Å². The molecule has 3 aromatic rings. The third-order valence-electron chi connectivity index (χ3n) is 3.78. The molecule has 0 saturated carbocycles.